The molecule has 0 saturated carbocycles. The second kappa shape index (κ2) is 6.26. The van der Waals surface area contributed by atoms with Gasteiger partial charge in [0.05, 0.1) is 12.8 Å². The summed E-state index contributed by atoms with van der Waals surface area (Å²) in [4.78, 5) is 15.6. The number of carbonyl (C=O) groups excluding carboxylic acids is 1. The van der Waals surface area contributed by atoms with Crippen molar-refractivity contribution in [3.63, 3.8) is 0 Å². The molecule has 0 unspecified atom stereocenters. The van der Waals surface area contributed by atoms with Gasteiger partial charge in [0, 0.05) is 5.75 Å². The zero-order valence-electron chi connectivity index (χ0n) is 10.1. The van der Waals surface area contributed by atoms with Gasteiger partial charge < -0.3 is 4.74 Å². The van der Waals surface area contributed by atoms with Crippen LogP contribution in [0.3, 0.4) is 0 Å². The van der Waals surface area contributed by atoms with Gasteiger partial charge in [0.25, 0.3) is 0 Å². The smallest absolute Gasteiger partial charge is 0.357 e. The highest BCUT2D eigenvalue weighted by molar-refractivity contribution is 7.97. The van der Waals surface area contributed by atoms with Crippen molar-refractivity contribution < 1.29 is 9.53 Å². The maximum absolute atomic E-state index is 11.6. The molecule has 0 N–H and O–H groups in total. The molecule has 18 heavy (non-hydrogen) atoms. The third-order valence-electron chi connectivity index (χ3n) is 2.30. The van der Waals surface area contributed by atoms with E-state index in [0.29, 0.717) is 12.3 Å². The Balaban J connectivity index is 2.02. The lowest BCUT2D eigenvalue weighted by Gasteiger charge is -2.06. The van der Waals surface area contributed by atoms with Gasteiger partial charge >= 0.3 is 5.97 Å². The molecule has 1 aromatic carbocycles. The summed E-state index contributed by atoms with van der Waals surface area (Å²) in [6, 6.07) is 10.1. The number of benzene rings is 1. The van der Waals surface area contributed by atoms with E-state index in [4.69, 9.17) is 4.74 Å². The Hall–Kier alpha value is -1.75. The second-order valence-corrected chi connectivity index (χ2v) is 4.52. The first-order valence-corrected chi connectivity index (χ1v) is 6.62. The quantitative estimate of drug-likeness (QED) is 0.777. The summed E-state index contributed by atoms with van der Waals surface area (Å²) < 4.78 is 6.71. The van der Waals surface area contributed by atoms with Crippen LogP contribution in [0.25, 0.3) is 0 Å². The summed E-state index contributed by atoms with van der Waals surface area (Å²) in [6.45, 7) is 2.16. The maximum Gasteiger partial charge on any atom is 0.357 e. The lowest BCUT2D eigenvalue weighted by atomic mass is 10.2. The number of imidazole rings is 1. The molecule has 1 aromatic heterocycles. The van der Waals surface area contributed by atoms with Gasteiger partial charge in [0.15, 0.2) is 5.69 Å². The lowest BCUT2D eigenvalue weighted by molar-refractivity contribution is 0.0519. The number of ether oxygens (including phenoxy) is 1. The average molecular weight is 262 g/mol. The van der Waals surface area contributed by atoms with Crippen LogP contribution in [0.5, 0.6) is 0 Å². The fourth-order valence-corrected chi connectivity index (χ4v) is 2.31. The summed E-state index contributed by atoms with van der Waals surface area (Å²) in [5, 5.41) is 0. The average Bonchev–Trinajstić information content (AvgIpc) is 2.86. The van der Waals surface area contributed by atoms with Gasteiger partial charge in [0.1, 0.15) is 6.33 Å². The molecule has 94 valence electrons. The Morgan fingerprint density at radius 2 is 2.17 bits per heavy atom. The first-order valence-electron chi connectivity index (χ1n) is 5.68. The minimum atomic E-state index is -0.337. The minimum Gasteiger partial charge on any atom is -0.461 e. The molecule has 5 heteroatoms. The van der Waals surface area contributed by atoms with Crippen LogP contribution in [0, 0.1) is 0 Å². The minimum absolute atomic E-state index is 0.337. The van der Waals surface area contributed by atoms with E-state index in [2.05, 4.69) is 4.98 Å². The van der Waals surface area contributed by atoms with Crippen molar-refractivity contribution in [1.82, 2.24) is 8.96 Å². The number of hydrogen-bond donors (Lipinski definition) is 0. The Kier molecular flexibility index (Phi) is 4.41. The number of rotatable bonds is 5. The normalized spacial score (nSPS) is 10.3. The van der Waals surface area contributed by atoms with Crippen molar-refractivity contribution in [2.75, 3.05) is 6.61 Å². The summed E-state index contributed by atoms with van der Waals surface area (Å²) in [5.41, 5.74) is 1.67. The van der Waals surface area contributed by atoms with E-state index in [1.165, 1.54) is 23.7 Å². The lowest BCUT2D eigenvalue weighted by Crippen LogP contribution is -2.08. The SMILES string of the molecule is CCOC(=O)c1cncn1SCc1ccccc1. The van der Waals surface area contributed by atoms with Gasteiger partial charge in [-0.15, -0.1) is 0 Å². The first kappa shape index (κ1) is 12.7. The van der Waals surface area contributed by atoms with Crippen LogP contribution in [0.15, 0.2) is 42.9 Å². The number of aromatic nitrogens is 2. The monoisotopic (exact) mass is 262 g/mol. The Morgan fingerprint density at radius 1 is 1.39 bits per heavy atom. The topological polar surface area (TPSA) is 44.1 Å². The highest BCUT2D eigenvalue weighted by Crippen LogP contribution is 2.17. The Morgan fingerprint density at radius 3 is 2.89 bits per heavy atom. The summed E-state index contributed by atoms with van der Waals surface area (Å²) in [7, 11) is 0. The van der Waals surface area contributed by atoms with E-state index in [0.717, 1.165) is 5.75 Å². The number of esters is 1. The highest BCUT2D eigenvalue weighted by atomic mass is 32.2. The van der Waals surface area contributed by atoms with Crippen LogP contribution < -0.4 is 0 Å². The number of nitrogens with zero attached hydrogens (tertiary/aromatic N) is 2. The van der Waals surface area contributed by atoms with Crippen molar-refractivity contribution in [2.45, 2.75) is 12.7 Å². The standard InChI is InChI=1S/C13H14N2O2S/c1-2-17-13(16)12-8-14-10-15(12)18-9-11-6-4-3-5-7-11/h3-8,10H,2,9H2,1H3. The zero-order valence-corrected chi connectivity index (χ0v) is 10.9. The predicted octanol–water partition coefficient (Wildman–Crippen LogP) is 2.76. The molecule has 0 aliphatic carbocycles. The van der Waals surface area contributed by atoms with Crippen molar-refractivity contribution in [3.8, 4) is 0 Å². The molecule has 0 spiro atoms. The maximum atomic E-state index is 11.6. The van der Waals surface area contributed by atoms with Crippen LogP contribution >= 0.6 is 11.9 Å². The molecule has 0 aliphatic rings. The molecular weight excluding hydrogens is 248 g/mol. The molecule has 0 amide bonds. The second-order valence-electron chi connectivity index (χ2n) is 3.58. The van der Waals surface area contributed by atoms with Crippen LogP contribution in [-0.4, -0.2) is 21.5 Å². The van der Waals surface area contributed by atoms with Crippen LogP contribution in [0.1, 0.15) is 23.0 Å². The molecule has 2 aromatic rings. The van der Waals surface area contributed by atoms with E-state index in [1.807, 2.05) is 30.3 Å². The number of hydrogen-bond acceptors (Lipinski definition) is 4. The van der Waals surface area contributed by atoms with Gasteiger partial charge in [-0.2, -0.15) is 0 Å². The molecule has 1 heterocycles. The molecule has 2 rings (SSSR count). The first-order chi connectivity index (χ1) is 8.81. The molecular formula is C13H14N2O2S. The molecule has 0 bridgehead atoms. The fourth-order valence-electron chi connectivity index (χ4n) is 1.45. The third-order valence-corrected chi connectivity index (χ3v) is 3.34. The molecule has 4 nitrogen and oxygen atoms in total. The summed E-state index contributed by atoms with van der Waals surface area (Å²) in [6.07, 6.45) is 3.15. The van der Waals surface area contributed by atoms with Crippen LogP contribution in [-0.2, 0) is 10.5 Å². The van der Waals surface area contributed by atoms with Crippen molar-refractivity contribution in [2.24, 2.45) is 0 Å². The Labute approximate surface area is 110 Å². The van der Waals surface area contributed by atoms with E-state index < -0.39 is 0 Å². The predicted molar refractivity (Wildman–Crippen MR) is 71.3 cm³/mol. The highest BCUT2D eigenvalue weighted by Gasteiger charge is 2.12. The van der Waals surface area contributed by atoms with Crippen LogP contribution in [0.2, 0.25) is 0 Å². The summed E-state index contributed by atoms with van der Waals surface area (Å²) in [5.74, 6) is 0.444. The van der Waals surface area contributed by atoms with E-state index in [9.17, 15) is 4.79 Å². The zero-order chi connectivity index (χ0) is 12.8. The van der Waals surface area contributed by atoms with Gasteiger partial charge in [-0.3, -0.25) is 3.97 Å². The van der Waals surface area contributed by atoms with Gasteiger partial charge in [-0.1, -0.05) is 30.3 Å². The molecule has 0 atom stereocenters. The van der Waals surface area contributed by atoms with E-state index in [1.54, 1.807) is 17.2 Å². The molecule has 0 aliphatic heterocycles. The van der Waals surface area contributed by atoms with E-state index in [-0.39, 0.29) is 5.97 Å². The fraction of sp³-hybridized carbons (Fsp3) is 0.231. The van der Waals surface area contributed by atoms with Gasteiger partial charge in [-0.05, 0) is 24.4 Å². The Bertz CT molecular complexity index is 511. The molecule has 0 fully saturated rings. The van der Waals surface area contributed by atoms with Gasteiger partial charge in [0.2, 0.25) is 0 Å². The van der Waals surface area contributed by atoms with Gasteiger partial charge in [-0.25, -0.2) is 9.78 Å². The van der Waals surface area contributed by atoms with Crippen LogP contribution in [0.4, 0.5) is 0 Å². The van der Waals surface area contributed by atoms with E-state index >= 15 is 0 Å². The summed E-state index contributed by atoms with van der Waals surface area (Å²) >= 11 is 1.51. The molecule has 0 saturated heterocycles. The third kappa shape index (κ3) is 3.13. The molecule has 0 radical (unpaired) electrons. The van der Waals surface area contributed by atoms with Crippen molar-refractivity contribution in [1.29, 1.82) is 0 Å². The largest absolute Gasteiger partial charge is 0.461 e. The van der Waals surface area contributed by atoms with Crippen molar-refractivity contribution in [3.05, 3.63) is 54.1 Å². The van der Waals surface area contributed by atoms with Crippen molar-refractivity contribution >= 4 is 17.9 Å². The number of carbonyl (C=O) groups is 1.